The lowest BCUT2D eigenvalue weighted by Gasteiger charge is -2.46. The van der Waals surface area contributed by atoms with Crippen molar-refractivity contribution in [2.24, 2.45) is 10.5 Å². The molecule has 1 aliphatic heterocycles. The van der Waals surface area contributed by atoms with Crippen molar-refractivity contribution in [3.8, 4) is 0 Å². The summed E-state index contributed by atoms with van der Waals surface area (Å²) in [5, 5.41) is 6.03. The van der Waals surface area contributed by atoms with Crippen molar-refractivity contribution >= 4 is 23.1 Å². The van der Waals surface area contributed by atoms with Crippen molar-refractivity contribution in [3.63, 3.8) is 0 Å². The Kier molecular flexibility index (Phi) is 5.58. The number of nitrogens with zero attached hydrogens (tertiary/aromatic N) is 2. The third-order valence-electron chi connectivity index (χ3n) is 7.20. The molecule has 0 unspecified atom stereocenters. The summed E-state index contributed by atoms with van der Waals surface area (Å²) in [5.74, 6) is -1.45. The van der Waals surface area contributed by atoms with Gasteiger partial charge in [0.25, 0.3) is 5.91 Å². The Balaban J connectivity index is 1.69. The van der Waals surface area contributed by atoms with Crippen LogP contribution in [0.5, 0.6) is 0 Å². The zero-order chi connectivity index (χ0) is 24.8. The summed E-state index contributed by atoms with van der Waals surface area (Å²) < 4.78 is 39.7. The Labute approximate surface area is 201 Å². The Bertz CT molecular complexity index is 1290. The molecule has 4 nitrogen and oxygen atoms in total. The normalized spacial score (nSPS) is 24.7. The summed E-state index contributed by atoms with van der Waals surface area (Å²) in [5.41, 5.74) is 0.526. The topological polar surface area (TPSA) is 49.7 Å². The summed E-state index contributed by atoms with van der Waals surface area (Å²) in [7, 11) is 0. The highest BCUT2D eigenvalue weighted by molar-refractivity contribution is 6.21. The Morgan fingerprint density at radius 2 is 1.31 bits per heavy atom. The smallest absolute Gasteiger partial charge is 0.300 e. The molecular formula is C28H23F3N2O2. The van der Waals surface area contributed by atoms with Crippen molar-refractivity contribution in [3.05, 3.63) is 102 Å². The average molecular weight is 476 g/mol. The second kappa shape index (κ2) is 8.48. The summed E-state index contributed by atoms with van der Waals surface area (Å²) in [6, 6.07) is 23.2. The van der Waals surface area contributed by atoms with Gasteiger partial charge in [0, 0.05) is 24.7 Å². The number of hydrazone groups is 1. The van der Waals surface area contributed by atoms with Crippen LogP contribution in [0.2, 0.25) is 0 Å². The van der Waals surface area contributed by atoms with Gasteiger partial charge in [0.1, 0.15) is 11.2 Å². The van der Waals surface area contributed by atoms with Crippen LogP contribution in [0, 0.1) is 5.41 Å². The highest BCUT2D eigenvalue weighted by atomic mass is 19.4. The number of alkyl halides is 3. The van der Waals surface area contributed by atoms with Gasteiger partial charge in [0.05, 0.1) is 17.0 Å². The molecule has 178 valence electrons. The second-order valence-corrected chi connectivity index (χ2v) is 9.09. The third-order valence-corrected chi connectivity index (χ3v) is 7.20. The molecule has 35 heavy (non-hydrogen) atoms. The van der Waals surface area contributed by atoms with Crippen molar-refractivity contribution in [2.75, 3.05) is 5.01 Å². The molecule has 0 N–H and O–H groups in total. The van der Waals surface area contributed by atoms with Crippen LogP contribution in [0.15, 0.2) is 90.0 Å². The van der Waals surface area contributed by atoms with Crippen molar-refractivity contribution < 1.29 is 22.8 Å². The predicted molar refractivity (Wildman–Crippen MR) is 127 cm³/mol. The van der Waals surface area contributed by atoms with Crippen LogP contribution in [-0.4, -0.2) is 17.4 Å². The van der Waals surface area contributed by atoms with E-state index in [1.54, 1.807) is 19.1 Å². The first-order chi connectivity index (χ1) is 16.7. The first-order valence-electron chi connectivity index (χ1n) is 11.4. The van der Waals surface area contributed by atoms with Crippen LogP contribution in [-0.2, 0) is 15.8 Å². The SMILES string of the molecule is CC1=NN(c2ccccc2)C(=O)[C@@]12[C@@H](c1ccccc1)CC(=O)C[C@@H]2c1ccc(C(F)(F)F)cc1. The van der Waals surface area contributed by atoms with E-state index in [2.05, 4.69) is 5.10 Å². The fourth-order valence-electron chi connectivity index (χ4n) is 5.61. The molecule has 0 radical (unpaired) electrons. The van der Waals surface area contributed by atoms with Crippen molar-refractivity contribution in [1.82, 2.24) is 0 Å². The molecule has 3 atom stereocenters. The molecule has 1 aliphatic carbocycles. The molecule has 1 saturated carbocycles. The van der Waals surface area contributed by atoms with E-state index >= 15 is 0 Å². The van der Waals surface area contributed by atoms with E-state index in [0.29, 0.717) is 17.0 Å². The quantitative estimate of drug-likeness (QED) is 0.443. The van der Waals surface area contributed by atoms with Gasteiger partial charge in [-0.25, -0.2) is 0 Å². The van der Waals surface area contributed by atoms with E-state index in [9.17, 15) is 22.8 Å². The van der Waals surface area contributed by atoms with Gasteiger partial charge in [-0.2, -0.15) is 23.3 Å². The number of hydrogen-bond donors (Lipinski definition) is 0. The number of halogens is 3. The molecule has 1 amide bonds. The van der Waals surface area contributed by atoms with Gasteiger partial charge < -0.3 is 0 Å². The summed E-state index contributed by atoms with van der Waals surface area (Å²) in [6.45, 7) is 1.78. The number of anilines is 1. The van der Waals surface area contributed by atoms with Gasteiger partial charge in [-0.05, 0) is 42.3 Å². The Hall–Kier alpha value is -3.74. The molecule has 5 rings (SSSR count). The van der Waals surface area contributed by atoms with Gasteiger partial charge >= 0.3 is 6.18 Å². The molecule has 1 heterocycles. The maximum Gasteiger partial charge on any atom is 0.416 e. The predicted octanol–water partition coefficient (Wildman–Crippen LogP) is 6.34. The molecule has 1 fully saturated rings. The number of carbonyl (C=O) groups is 2. The maximum atomic E-state index is 14.3. The number of Topliss-reactive ketones (excluding diaryl/α,β-unsaturated/α-hetero) is 1. The lowest BCUT2D eigenvalue weighted by molar-refractivity contribution is -0.138. The molecule has 0 saturated heterocycles. The molecular weight excluding hydrogens is 453 g/mol. The lowest BCUT2D eigenvalue weighted by atomic mass is 9.54. The van der Waals surface area contributed by atoms with Crippen molar-refractivity contribution in [1.29, 1.82) is 0 Å². The molecule has 2 aliphatic rings. The van der Waals surface area contributed by atoms with E-state index in [1.807, 2.05) is 48.5 Å². The first kappa shape index (κ1) is 23.0. The summed E-state index contributed by atoms with van der Waals surface area (Å²) in [6.07, 6.45) is -4.27. The number of para-hydroxylation sites is 1. The molecule has 1 spiro atoms. The molecule has 7 heteroatoms. The number of ketones is 1. The molecule has 3 aromatic carbocycles. The Morgan fingerprint density at radius 1 is 0.800 bits per heavy atom. The van der Waals surface area contributed by atoms with Gasteiger partial charge in [0.15, 0.2) is 0 Å². The van der Waals surface area contributed by atoms with Crippen LogP contribution in [0.4, 0.5) is 18.9 Å². The third kappa shape index (κ3) is 3.75. The largest absolute Gasteiger partial charge is 0.416 e. The fraction of sp³-hybridized carbons (Fsp3) is 0.250. The van der Waals surface area contributed by atoms with Gasteiger partial charge in [-0.15, -0.1) is 0 Å². The number of rotatable bonds is 3. The average Bonchev–Trinajstić information content (AvgIpc) is 3.12. The van der Waals surface area contributed by atoms with E-state index in [-0.39, 0.29) is 24.5 Å². The highest BCUT2D eigenvalue weighted by Gasteiger charge is 2.62. The van der Waals surface area contributed by atoms with E-state index in [0.717, 1.165) is 17.7 Å². The standard InChI is InChI=1S/C28H23F3N2O2/c1-18-27(26(35)33(32-18)22-10-6-3-7-11-22)24(19-8-4-2-5-9-19)16-23(34)17-25(27)20-12-14-21(15-13-20)28(29,30)31/h2-15,24-25H,16-17H2,1H3/t24-,25-,27-/m1/s1. The Morgan fingerprint density at radius 3 is 1.86 bits per heavy atom. The number of benzene rings is 3. The van der Waals surface area contributed by atoms with E-state index < -0.39 is 29.0 Å². The minimum atomic E-state index is -4.48. The maximum absolute atomic E-state index is 14.3. The van der Waals surface area contributed by atoms with Crippen molar-refractivity contribution in [2.45, 2.75) is 37.8 Å². The van der Waals surface area contributed by atoms with Crippen LogP contribution in [0.1, 0.15) is 48.3 Å². The van der Waals surface area contributed by atoms with Crippen LogP contribution in [0.25, 0.3) is 0 Å². The lowest BCUT2D eigenvalue weighted by Crippen LogP contribution is -2.52. The second-order valence-electron chi connectivity index (χ2n) is 9.09. The summed E-state index contributed by atoms with van der Waals surface area (Å²) >= 11 is 0. The van der Waals surface area contributed by atoms with E-state index in [4.69, 9.17) is 0 Å². The minimum absolute atomic E-state index is 0.0341. The highest BCUT2D eigenvalue weighted by Crippen LogP contribution is 2.58. The monoisotopic (exact) mass is 476 g/mol. The van der Waals surface area contributed by atoms with Crippen LogP contribution in [0.3, 0.4) is 0 Å². The molecule has 0 bridgehead atoms. The zero-order valence-corrected chi connectivity index (χ0v) is 19.0. The van der Waals surface area contributed by atoms with Gasteiger partial charge in [-0.1, -0.05) is 60.7 Å². The fourth-order valence-corrected chi connectivity index (χ4v) is 5.61. The number of hydrogen-bond acceptors (Lipinski definition) is 3. The van der Waals surface area contributed by atoms with Gasteiger partial charge in [0.2, 0.25) is 0 Å². The number of carbonyl (C=O) groups excluding carboxylic acids is 2. The van der Waals surface area contributed by atoms with Crippen LogP contribution >= 0.6 is 0 Å². The van der Waals surface area contributed by atoms with Crippen LogP contribution < -0.4 is 5.01 Å². The zero-order valence-electron chi connectivity index (χ0n) is 19.0. The molecule has 0 aromatic heterocycles. The summed E-state index contributed by atoms with van der Waals surface area (Å²) in [4.78, 5) is 27.3. The molecule has 3 aromatic rings. The minimum Gasteiger partial charge on any atom is -0.300 e. The first-order valence-corrected chi connectivity index (χ1v) is 11.4. The van der Waals surface area contributed by atoms with Gasteiger partial charge in [-0.3, -0.25) is 9.59 Å². The number of amides is 1. The van der Waals surface area contributed by atoms with E-state index in [1.165, 1.54) is 17.1 Å².